The van der Waals surface area contributed by atoms with E-state index in [2.05, 4.69) is 31.9 Å². The van der Waals surface area contributed by atoms with Crippen LogP contribution in [0.3, 0.4) is 0 Å². The Bertz CT molecular complexity index is 682. The van der Waals surface area contributed by atoms with Crippen LogP contribution in [0.4, 0.5) is 0 Å². The van der Waals surface area contributed by atoms with Gasteiger partial charge >= 0.3 is 23.9 Å². The number of rotatable bonds is 17. The van der Waals surface area contributed by atoms with Crippen molar-refractivity contribution in [3.8, 4) is 0 Å². The Morgan fingerprint density at radius 2 is 0.806 bits per heavy atom. The summed E-state index contributed by atoms with van der Waals surface area (Å²) in [6.07, 6.45) is 3.69. The number of ether oxygens (including phenoxy) is 4. The smallest absolute Gasteiger partial charge is 0.322 e. The number of hydrogen-bond acceptors (Lipinski definition) is 8. The molecule has 0 N–H and O–H groups in total. The summed E-state index contributed by atoms with van der Waals surface area (Å²) in [7, 11) is 0. The van der Waals surface area contributed by atoms with Gasteiger partial charge in [0.1, 0.15) is 21.9 Å². The van der Waals surface area contributed by atoms with Crippen molar-refractivity contribution in [2.45, 2.75) is 103 Å². The van der Waals surface area contributed by atoms with E-state index in [1.807, 2.05) is 13.8 Å². The van der Waals surface area contributed by atoms with E-state index in [-0.39, 0.29) is 26.1 Å². The van der Waals surface area contributed by atoms with E-state index >= 15 is 0 Å². The van der Waals surface area contributed by atoms with Gasteiger partial charge in [-0.05, 0) is 67.2 Å². The minimum Gasteiger partial charge on any atom is -0.465 e. The lowest BCUT2D eigenvalue weighted by Gasteiger charge is -2.31. The van der Waals surface area contributed by atoms with Crippen molar-refractivity contribution in [2.24, 2.45) is 10.8 Å². The third kappa shape index (κ3) is 12.4. The standard InChI is InChI=1S/C26H44Br2O8/c1-9-11-13-33-21(31)25(7,27)17-23(3,4)19(29)35-15-16-36-20(30)24(5,6)18-26(8,28)22(32)34-14-12-10-2/h9-18H2,1-8H3. The van der Waals surface area contributed by atoms with Crippen LogP contribution in [0.15, 0.2) is 0 Å². The van der Waals surface area contributed by atoms with E-state index in [4.69, 9.17) is 18.9 Å². The normalized spacial score (nSPS) is 15.3. The zero-order valence-corrected chi connectivity index (χ0v) is 26.3. The number of unbranched alkanes of at least 4 members (excludes halogenated alkanes) is 2. The molecule has 0 bridgehead atoms. The van der Waals surface area contributed by atoms with Crippen molar-refractivity contribution >= 4 is 55.7 Å². The summed E-state index contributed by atoms with van der Waals surface area (Å²) >= 11 is 6.78. The van der Waals surface area contributed by atoms with Gasteiger partial charge in [-0.25, -0.2) is 0 Å². The van der Waals surface area contributed by atoms with Crippen molar-refractivity contribution < 1.29 is 38.1 Å². The molecule has 0 rings (SSSR count). The molecule has 0 heterocycles. The molecule has 2 unspecified atom stereocenters. The lowest BCUT2D eigenvalue weighted by atomic mass is 9.83. The lowest BCUT2D eigenvalue weighted by molar-refractivity contribution is -0.165. The molecule has 210 valence electrons. The van der Waals surface area contributed by atoms with Gasteiger partial charge in [-0.2, -0.15) is 0 Å². The summed E-state index contributed by atoms with van der Waals surface area (Å²) in [5, 5.41) is 0. The number of carbonyl (C=O) groups excluding carboxylic acids is 4. The van der Waals surface area contributed by atoms with E-state index in [0.29, 0.717) is 13.2 Å². The van der Waals surface area contributed by atoms with Crippen molar-refractivity contribution in [2.75, 3.05) is 26.4 Å². The van der Waals surface area contributed by atoms with Crippen LogP contribution < -0.4 is 0 Å². The average Bonchev–Trinajstić information content (AvgIpc) is 2.74. The molecule has 10 heteroatoms. The number of halogens is 2. The molecule has 0 fully saturated rings. The number of esters is 4. The molecule has 0 saturated carbocycles. The SMILES string of the molecule is CCCCOC(=O)C(C)(Br)CC(C)(C)C(=O)OCCOC(=O)C(C)(C)CC(C)(Br)C(=O)OCCCC. The molecule has 0 aliphatic rings. The maximum absolute atomic E-state index is 12.6. The largest absolute Gasteiger partial charge is 0.465 e. The van der Waals surface area contributed by atoms with E-state index in [0.717, 1.165) is 25.7 Å². The predicted molar refractivity (Wildman–Crippen MR) is 145 cm³/mol. The second kappa shape index (κ2) is 15.3. The molecule has 0 aromatic carbocycles. The molecule has 0 aromatic heterocycles. The van der Waals surface area contributed by atoms with Gasteiger partial charge in [0, 0.05) is 0 Å². The Kier molecular flexibility index (Phi) is 14.8. The zero-order valence-electron chi connectivity index (χ0n) is 23.1. The summed E-state index contributed by atoms with van der Waals surface area (Å²) in [4.78, 5) is 50.0. The van der Waals surface area contributed by atoms with Gasteiger partial charge in [-0.3, -0.25) is 19.2 Å². The third-order valence-electron chi connectivity index (χ3n) is 5.52. The molecule has 2 atom stereocenters. The summed E-state index contributed by atoms with van der Waals surface area (Å²) in [6.45, 7) is 14.5. The van der Waals surface area contributed by atoms with Gasteiger partial charge < -0.3 is 18.9 Å². The molecule has 36 heavy (non-hydrogen) atoms. The second-order valence-electron chi connectivity index (χ2n) is 10.8. The van der Waals surface area contributed by atoms with Crippen LogP contribution in [0.25, 0.3) is 0 Å². The molecule has 0 saturated heterocycles. The van der Waals surface area contributed by atoms with Gasteiger partial charge in [-0.1, -0.05) is 58.5 Å². The highest BCUT2D eigenvalue weighted by atomic mass is 79.9. The van der Waals surface area contributed by atoms with Crippen molar-refractivity contribution in [1.29, 1.82) is 0 Å². The predicted octanol–water partition coefficient (Wildman–Crippen LogP) is 5.90. The third-order valence-corrected chi connectivity index (χ3v) is 6.72. The fraction of sp³-hybridized carbons (Fsp3) is 0.846. The Hall–Kier alpha value is -1.16. The van der Waals surface area contributed by atoms with Gasteiger partial charge in [0.2, 0.25) is 0 Å². The minimum atomic E-state index is -1.04. The topological polar surface area (TPSA) is 105 Å². The molecular weight excluding hydrogens is 600 g/mol. The molecule has 0 aromatic rings. The molecule has 0 amide bonds. The number of hydrogen-bond donors (Lipinski definition) is 0. The Labute approximate surface area is 233 Å². The fourth-order valence-electron chi connectivity index (χ4n) is 3.53. The Balaban J connectivity index is 4.72. The second-order valence-corrected chi connectivity index (χ2v) is 14.3. The van der Waals surface area contributed by atoms with Crippen molar-refractivity contribution in [3.05, 3.63) is 0 Å². The van der Waals surface area contributed by atoms with Gasteiger partial charge in [0.15, 0.2) is 0 Å². The summed E-state index contributed by atoms with van der Waals surface area (Å²) in [6, 6.07) is 0. The van der Waals surface area contributed by atoms with Crippen molar-refractivity contribution in [3.63, 3.8) is 0 Å². The van der Waals surface area contributed by atoms with Crippen LogP contribution in [-0.4, -0.2) is 59.0 Å². The molecule has 0 aliphatic carbocycles. The molecule has 0 radical (unpaired) electrons. The van der Waals surface area contributed by atoms with Crippen LogP contribution in [-0.2, 0) is 38.1 Å². The van der Waals surface area contributed by atoms with E-state index in [1.165, 1.54) is 0 Å². The molecular formula is C26H44Br2O8. The first kappa shape index (κ1) is 34.8. The quantitative estimate of drug-likeness (QED) is 0.0835. The first-order valence-electron chi connectivity index (χ1n) is 12.5. The first-order chi connectivity index (χ1) is 16.4. The average molecular weight is 644 g/mol. The van der Waals surface area contributed by atoms with Crippen molar-refractivity contribution in [1.82, 2.24) is 0 Å². The van der Waals surface area contributed by atoms with Crippen LogP contribution >= 0.6 is 31.9 Å². The number of alkyl halides is 2. The maximum Gasteiger partial charge on any atom is 0.322 e. The summed E-state index contributed by atoms with van der Waals surface area (Å²) < 4.78 is 19.1. The van der Waals surface area contributed by atoms with E-state index in [9.17, 15) is 19.2 Å². The highest BCUT2D eigenvalue weighted by molar-refractivity contribution is 9.10. The highest BCUT2D eigenvalue weighted by Gasteiger charge is 2.43. The maximum atomic E-state index is 12.6. The number of carbonyl (C=O) groups is 4. The van der Waals surface area contributed by atoms with Crippen LogP contribution in [0.2, 0.25) is 0 Å². The Morgan fingerprint density at radius 3 is 1.08 bits per heavy atom. The molecule has 0 spiro atoms. The minimum absolute atomic E-state index is 0.130. The van der Waals surface area contributed by atoms with Gasteiger partial charge in [0.25, 0.3) is 0 Å². The van der Waals surface area contributed by atoms with Gasteiger partial charge in [0.05, 0.1) is 24.0 Å². The molecule has 0 aliphatic heterocycles. The first-order valence-corrected chi connectivity index (χ1v) is 14.1. The summed E-state index contributed by atoms with van der Waals surface area (Å²) in [5.41, 5.74) is -1.97. The zero-order chi connectivity index (χ0) is 28.2. The highest BCUT2D eigenvalue weighted by Crippen LogP contribution is 2.37. The van der Waals surface area contributed by atoms with E-state index in [1.54, 1.807) is 41.5 Å². The van der Waals surface area contributed by atoms with E-state index < -0.39 is 43.4 Å². The summed E-state index contributed by atoms with van der Waals surface area (Å²) in [5.74, 6) is -1.90. The van der Waals surface area contributed by atoms with Gasteiger partial charge in [-0.15, -0.1) is 0 Å². The Morgan fingerprint density at radius 1 is 0.528 bits per heavy atom. The van der Waals surface area contributed by atoms with Crippen LogP contribution in [0.5, 0.6) is 0 Å². The molecule has 8 nitrogen and oxygen atoms in total. The fourth-order valence-corrected chi connectivity index (χ4v) is 5.16. The monoisotopic (exact) mass is 642 g/mol. The lowest BCUT2D eigenvalue weighted by Crippen LogP contribution is -2.40. The van der Waals surface area contributed by atoms with Crippen LogP contribution in [0, 0.1) is 10.8 Å². The van der Waals surface area contributed by atoms with Crippen LogP contribution in [0.1, 0.15) is 93.9 Å².